The molecule has 0 unspecified atom stereocenters. The standard InChI is InChI=1S/C24H44N2O10/c1-3-29-11-13-31-15-17-33-19-21-35-23(27)25-9-7-5-6-8-10-26-24(28)36-22-20-34-18-16-32-14-12-30-4-2/h3-4H,1-2,5-22H2,(H,25,27)(H,26,28). The van der Waals surface area contributed by atoms with E-state index >= 15 is 0 Å². The first-order valence-electron chi connectivity index (χ1n) is 12.3. The number of ether oxygens (including phenoxy) is 8. The van der Waals surface area contributed by atoms with Crippen LogP contribution in [-0.4, -0.2) is 105 Å². The highest BCUT2D eigenvalue weighted by Gasteiger charge is 2.02. The van der Waals surface area contributed by atoms with E-state index in [2.05, 4.69) is 23.8 Å². The van der Waals surface area contributed by atoms with Crippen LogP contribution in [0.3, 0.4) is 0 Å². The van der Waals surface area contributed by atoms with Crippen molar-refractivity contribution in [1.29, 1.82) is 0 Å². The van der Waals surface area contributed by atoms with Gasteiger partial charge >= 0.3 is 12.2 Å². The molecule has 0 aromatic carbocycles. The van der Waals surface area contributed by atoms with Crippen molar-refractivity contribution >= 4 is 12.2 Å². The third-order valence-corrected chi connectivity index (χ3v) is 4.23. The van der Waals surface area contributed by atoms with Gasteiger partial charge in [-0.2, -0.15) is 0 Å². The van der Waals surface area contributed by atoms with Gasteiger partial charge in [0.15, 0.2) is 0 Å². The van der Waals surface area contributed by atoms with Crippen LogP contribution in [0.15, 0.2) is 25.7 Å². The third-order valence-electron chi connectivity index (χ3n) is 4.23. The molecule has 0 aromatic heterocycles. The van der Waals surface area contributed by atoms with Crippen LogP contribution in [0.2, 0.25) is 0 Å². The second kappa shape index (κ2) is 28.7. The number of amides is 2. The van der Waals surface area contributed by atoms with Crippen molar-refractivity contribution in [3.8, 4) is 0 Å². The molecule has 0 aliphatic rings. The molecular formula is C24H44N2O10. The summed E-state index contributed by atoms with van der Waals surface area (Å²) in [6.07, 6.45) is 5.30. The molecule has 0 fully saturated rings. The average Bonchev–Trinajstić information content (AvgIpc) is 2.87. The molecule has 0 saturated heterocycles. The zero-order valence-corrected chi connectivity index (χ0v) is 21.4. The summed E-state index contributed by atoms with van der Waals surface area (Å²) >= 11 is 0. The minimum absolute atomic E-state index is 0.181. The highest BCUT2D eigenvalue weighted by Crippen LogP contribution is 1.98. The fourth-order valence-electron chi connectivity index (χ4n) is 2.50. The van der Waals surface area contributed by atoms with E-state index in [4.69, 9.17) is 37.9 Å². The maximum atomic E-state index is 11.6. The van der Waals surface area contributed by atoms with Gasteiger partial charge in [-0.05, 0) is 12.8 Å². The molecule has 210 valence electrons. The van der Waals surface area contributed by atoms with Crippen molar-refractivity contribution in [2.75, 3.05) is 92.4 Å². The summed E-state index contributed by atoms with van der Waals surface area (Å²) in [6.45, 7) is 12.5. The highest BCUT2D eigenvalue weighted by molar-refractivity contribution is 5.67. The number of carbonyl (C=O) groups is 2. The first-order chi connectivity index (χ1) is 17.7. The Morgan fingerprint density at radius 1 is 0.500 bits per heavy atom. The van der Waals surface area contributed by atoms with Crippen LogP contribution < -0.4 is 10.6 Å². The lowest BCUT2D eigenvalue weighted by atomic mass is 10.2. The van der Waals surface area contributed by atoms with Gasteiger partial charge in [0.25, 0.3) is 0 Å². The second-order valence-corrected chi connectivity index (χ2v) is 7.06. The quantitative estimate of drug-likeness (QED) is 0.123. The summed E-state index contributed by atoms with van der Waals surface area (Å²) in [6, 6.07) is 0. The lowest BCUT2D eigenvalue weighted by Crippen LogP contribution is -2.27. The molecule has 0 aliphatic carbocycles. The fourth-order valence-corrected chi connectivity index (χ4v) is 2.50. The topological polar surface area (TPSA) is 132 Å². The van der Waals surface area contributed by atoms with Gasteiger partial charge in [0.2, 0.25) is 0 Å². The Labute approximate surface area is 214 Å². The zero-order valence-electron chi connectivity index (χ0n) is 21.4. The van der Waals surface area contributed by atoms with E-state index in [1.54, 1.807) is 0 Å². The average molecular weight is 521 g/mol. The largest absolute Gasteiger partial charge is 0.499 e. The van der Waals surface area contributed by atoms with Gasteiger partial charge in [-0.3, -0.25) is 0 Å². The van der Waals surface area contributed by atoms with Gasteiger partial charge in [0, 0.05) is 13.1 Å². The fraction of sp³-hybridized carbons (Fsp3) is 0.750. The SMILES string of the molecule is C=COCCOCCOCCOC(=O)NCCCCCCNC(=O)OCCOCCOCCOC=C. The first kappa shape index (κ1) is 33.5. The lowest BCUT2D eigenvalue weighted by Gasteiger charge is -2.09. The molecular weight excluding hydrogens is 476 g/mol. The molecule has 2 N–H and O–H groups in total. The van der Waals surface area contributed by atoms with Crippen molar-refractivity contribution in [3.05, 3.63) is 25.7 Å². The normalized spacial score (nSPS) is 10.3. The van der Waals surface area contributed by atoms with Gasteiger partial charge in [-0.15, -0.1) is 0 Å². The van der Waals surface area contributed by atoms with Crippen LogP contribution in [-0.2, 0) is 37.9 Å². The van der Waals surface area contributed by atoms with Crippen LogP contribution in [0, 0.1) is 0 Å². The number of unbranched alkanes of at least 4 members (excludes halogenated alkanes) is 3. The monoisotopic (exact) mass is 520 g/mol. The molecule has 0 aromatic rings. The minimum atomic E-state index is -0.463. The molecule has 2 amide bonds. The van der Waals surface area contributed by atoms with Crippen LogP contribution in [0.1, 0.15) is 25.7 Å². The molecule has 0 saturated carbocycles. The molecule has 0 radical (unpaired) electrons. The smallest absolute Gasteiger partial charge is 0.407 e. The molecule has 0 aliphatic heterocycles. The van der Waals surface area contributed by atoms with E-state index in [9.17, 15) is 9.59 Å². The van der Waals surface area contributed by atoms with E-state index in [0.29, 0.717) is 79.2 Å². The number of rotatable bonds is 27. The van der Waals surface area contributed by atoms with Crippen LogP contribution >= 0.6 is 0 Å². The second-order valence-electron chi connectivity index (χ2n) is 7.06. The van der Waals surface area contributed by atoms with E-state index in [0.717, 1.165) is 25.7 Å². The summed E-state index contributed by atoms with van der Waals surface area (Å²) in [7, 11) is 0. The van der Waals surface area contributed by atoms with Crippen molar-refractivity contribution in [2.24, 2.45) is 0 Å². The molecule has 0 heterocycles. The third kappa shape index (κ3) is 27.7. The molecule has 0 rings (SSSR count). The van der Waals surface area contributed by atoms with E-state index < -0.39 is 12.2 Å². The minimum Gasteiger partial charge on any atom is -0.499 e. The van der Waals surface area contributed by atoms with E-state index in [-0.39, 0.29) is 13.2 Å². The molecule has 12 heteroatoms. The Kier molecular flexibility index (Phi) is 26.7. The Balaban J connectivity index is 3.26. The van der Waals surface area contributed by atoms with Crippen molar-refractivity contribution in [3.63, 3.8) is 0 Å². The Morgan fingerprint density at radius 2 is 0.833 bits per heavy atom. The van der Waals surface area contributed by atoms with E-state index in [1.165, 1.54) is 12.5 Å². The number of alkyl carbamates (subject to hydrolysis) is 2. The van der Waals surface area contributed by atoms with Gasteiger partial charge in [-0.25, -0.2) is 9.59 Å². The molecule has 0 bridgehead atoms. The number of hydrogen-bond acceptors (Lipinski definition) is 10. The van der Waals surface area contributed by atoms with Gasteiger partial charge in [0.1, 0.15) is 26.4 Å². The predicted octanol–water partition coefficient (Wildman–Crippen LogP) is 2.39. The van der Waals surface area contributed by atoms with Crippen LogP contribution in [0.5, 0.6) is 0 Å². The highest BCUT2D eigenvalue weighted by atomic mass is 16.6. The maximum Gasteiger partial charge on any atom is 0.407 e. The van der Waals surface area contributed by atoms with Gasteiger partial charge in [0.05, 0.1) is 65.4 Å². The van der Waals surface area contributed by atoms with Crippen molar-refractivity contribution in [1.82, 2.24) is 10.6 Å². The summed E-state index contributed by atoms with van der Waals surface area (Å²) < 4.78 is 41.0. The molecule has 36 heavy (non-hydrogen) atoms. The maximum absolute atomic E-state index is 11.6. The van der Waals surface area contributed by atoms with Crippen LogP contribution in [0.4, 0.5) is 9.59 Å². The first-order valence-corrected chi connectivity index (χ1v) is 12.3. The van der Waals surface area contributed by atoms with Crippen LogP contribution in [0.25, 0.3) is 0 Å². The van der Waals surface area contributed by atoms with Gasteiger partial charge < -0.3 is 48.5 Å². The van der Waals surface area contributed by atoms with Crippen molar-refractivity contribution in [2.45, 2.75) is 25.7 Å². The summed E-state index contributed by atoms with van der Waals surface area (Å²) in [5.74, 6) is 0. The van der Waals surface area contributed by atoms with Gasteiger partial charge in [-0.1, -0.05) is 26.0 Å². The number of nitrogens with one attached hydrogen (secondary N) is 2. The Morgan fingerprint density at radius 3 is 1.19 bits per heavy atom. The molecule has 12 nitrogen and oxygen atoms in total. The summed E-state index contributed by atoms with van der Waals surface area (Å²) in [5, 5.41) is 5.39. The predicted molar refractivity (Wildman–Crippen MR) is 133 cm³/mol. The number of carbonyl (C=O) groups excluding carboxylic acids is 2. The van der Waals surface area contributed by atoms with Crippen molar-refractivity contribution < 1.29 is 47.5 Å². The lowest BCUT2D eigenvalue weighted by molar-refractivity contribution is 0.0170. The molecule has 0 spiro atoms. The summed E-state index contributed by atoms with van der Waals surface area (Å²) in [5.41, 5.74) is 0. The zero-order chi connectivity index (χ0) is 26.4. The summed E-state index contributed by atoms with van der Waals surface area (Å²) in [4.78, 5) is 23.2. The Hall–Kier alpha value is -2.54. The Bertz CT molecular complexity index is 491. The number of hydrogen-bond donors (Lipinski definition) is 2. The van der Waals surface area contributed by atoms with E-state index in [1.807, 2.05) is 0 Å². The molecule has 0 atom stereocenters.